The molecule has 0 aliphatic carbocycles. The Kier molecular flexibility index (Phi) is 7.02. The van der Waals surface area contributed by atoms with E-state index in [0.29, 0.717) is 27.1 Å². The van der Waals surface area contributed by atoms with E-state index in [1.54, 1.807) is 29.2 Å². The lowest BCUT2D eigenvalue weighted by Crippen LogP contribution is -2.35. The van der Waals surface area contributed by atoms with E-state index in [0.717, 1.165) is 30.6 Å². The number of thiocarbonyl (C=S) groups is 1. The van der Waals surface area contributed by atoms with Crippen LogP contribution in [0.4, 0.5) is 0 Å². The van der Waals surface area contributed by atoms with Crippen LogP contribution in [0.5, 0.6) is 5.75 Å². The summed E-state index contributed by atoms with van der Waals surface area (Å²) in [5.41, 5.74) is 2.52. The van der Waals surface area contributed by atoms with Crippen LogP contribution < -0.4 is 4.74 Å². The molecular formula is C26H27NO4S2. The molecule has 2 aliphatic heterocycles. The summed E-state index contributed by atoms with van der Waals surface area (Å²) in [6.07, 6.45) is 3.85. The first kappa shape index (κ1) is 23.7. The van der Waals surface area contributed by atoms with Gasteiger partial charge in [-0.2, -0.15) is 0 Å². The van der Waals surface area contributed by atoms with E-state index in [1.165, 1.54) is 11.8 Å². The fourth-order valence-corrected chi connectivity index (χ4v) is 4.98. The fourth-order valence-electron chi connectivity index (χ4n) is 3.71. The third-order valence-corrected chi connectivity index (χ3v) is 7.04. The average molecular weight is 482 g/mol. The van der Waals surface area contributed by atoms with Gasteiger partial charge in [-0.1, -0.05) is 69.0 Å². The molecule has 0 saturated carbocycles. The Morgan fingerprint density at radius 3 is 2.48 bits per heavy atom. The second-order valence-corrected chi connectivity index (χ2v) is 10.9. The minimum Gasteiger partial charge on any atom is -0.423 e. The highest BCUT2D eigenvalue weighted by Crippen LogP contribution is 2.33. The molecule has 5 nitrogen and oxygen atoms in total. The van der Waals surface area contributed by atoms with Crippen molar-refractivity contribution in [3.63, 3.8) is 0 Å². The second kappa shape index (κ2) is 9.79. The molecule has 172 valence electrons. The number of nitrogens with zero attached hydrogens (tertiary/aromatic N) is 1. The van der Waals surface area contributed by atoms with Gasteiger partial charge in [-0.15, -0.1) is 0 Å². The zero-order chi connectivity index (χ0) is 23.6. The highest BCUT2D eigenvalue weighted by molar-refractivity contribution is 8.26. The predicted molar refractivity (Wildman–Crippen MR) is 135 cm³/mol. The zero-order valence-electron chi connectivity index (χ0n) is 19.0. The lowest BCUT2D eigenvalue weighted by Gasteiger charge is -2.18. The van der Waals surface area contributed by atoms with Gasteiger partial charge < -0.3 is 9.47 Å². The smallest absolute Gasteiger partial charge is 0.343 e. The van der Waals surface area contributed by atoms with E-state index in [-0.39, 0.29) is 17.4 Å². The third kappa shape index (κ3) is 5.72. The molecule has 2 saturated heterocycles. The molecule has 2 aliphatic rings. The molecule has 2 aromatic rings. The maximum absolute atomic E-state index is 12.8. The molecule has 0 N–H and O–H groups in total. The number of amides is 1. The molecule has 4 rings (SSSR count). The summed E-state index contributed by atoms with van der Waals surface area (Å²) in [7, 11) is 0. The van der Waals surface area contributed by atoms with E-state index < -0.39 is 5.97 Å². The molecule has 0 unspecified atom stereocenters. The zero-order valence-corrected chi connectivity index (χ0v) is 20.6. The molecule has 0 bridgehead atoms. The number of esters is 1. The van der Waals surface area contributed by atoms with E-state index in [2.05, 4.69) is 20.8 Å². The van der Waals surface area contributed by atoms with Gasteiger partial charge in [0.15, 0.2) is 0 Å². The highest BCUT2D eigenvalue weighted by Gasteiger charge is 2.34. The van der Waals surface area contributed by atoms with Crippen molar-refractivity contribution in [1.82, 2.24) is 4.90 Å². The van der Waals surface area contributed by atoms with Crippen LogP contribution in [0.3, 0.4) is 0 Å². The first-order valence-electron chi connectivity index (χ1n) is 11.0. The summed E-state index contributed by atoms with van der Waals surface area (Å²) in [6, 6.07) is 14.6. The Bertz CT molecular complexity index is 1080. The number of benzene rings is 2. The van der Waals surface area contributed by atoms with E-state index in [4.69, 9.17) is 21.7 Å². The quantitative estimate of drug-likeness (QED) is 0.240. The van der Waals surface area contributed by atoms with Crippen LogP contribution in [0.25, 0.3) is 6.08 Å². The first-order chi connectivity index (χ1) is 15.7. The largest absolute Gasteiger partial charge is 0.423 e. The maximum atomic E-state index is 12.8. The summed E-state index contributed by atoms with van der Waals surface area (Å²) >= 11 is 6.71. The van der Waals surface area contributed by atoms with Gasteiger partial charge in [-0.05, 0) is 59.7 Å². The van der Waals surface area contributed by atoms with Gasteiger partial charge >= 0.3 is 5.97 Å². The normalized spacial score (nSPS) is 20.0. The molecule has 33 heavy (non-hydrogen) atoms. The molecule has 0 spiro atoms. The van der Waals surface area contributed by atoms with Crippen LogP contribution in [0.15, 0.2) is 53.4 Å². The topological polar surface area (TPSA) is 55.8 Å². The Morgan fingerprint density at radius 1 is 1.18 bits per heavy atom. The van der Waals surface area contributed by atoms with Crippen molar-refractivity contribution in [1.29, 1.82) is 0 Å². The SMILES string of the molecule is CC(C)(C)c1ccc(C(=O)Oc2ccc(/C=C3\SC(=S)N(C[C@H]4CCCO4)C3=O)cc2)cc1. The molecule has 2 aromatic carbocycles. The lowest BCUT2D eigenvalue weighted by molar-refractivity contribution is -0.123. The molecular weight excluding hydrogens is 454 g/mol. The summed E-state index contributed by atoms with van der Waals surface area (Å²) in [6.45, 7) is 7.64. The number of hydrogen-bond acceptors (Lipinski definition) is 6. The number of thioether (sulfide) groups is 1. The van der Waals surface area contributed by atoms with Gasteiger partial charge in [0.25, 0.3) is 5.91 Å². The number of carbonyl (C=O) groups is 2. The van der Waals surface area contributed by atoms with Gasteiger partial charge in [0, 0.05) is 6.61 Å². The number of rotatable bonds is 5. The van der Waals surface area contributed by atoms with E-state index >= 15 is 0 Å². The Balaban J connectivity index is 1.39. The summed E-state index contributed by atoms with van der Waals surface area (Å²) in [4.78, 5) is 27.5. The molecule has 1 amide bonds. The van der Waals surface area contributed by atoms with Gasteiger partial charge in [0.05, 0.1) is 23.1 Å². The van der Waals surface area contributed by atoms with Crippen LogP contribution in [0.2, 0.25) is 0 Å². The van der Waals surface area contributed by atoms with Crippen LogP contribution >= 0.6 is 24.0 Å². The average Bonchev–Trinajstić information content (AvgIpc) is 3.39. The van der Waals surface area contributed by atoms with Gasteiger partial charge in [0.2, 0.25) is 0 Å². The summed E-state index contributed by atoms with van der Waals surface area (Å²) < 4.78 is 11.7. The van der Waals surface area contributed by atoms with Crippen LogP contribution in [-0.2, 0) is 14.9 Å². The highest BCUT2D eigenvalue weighted by atomic mass is 32.2. The summed E-state index contributed by atoms with van der Waals surface area (Å²) in [5, 5.41) is 0. The third-order valence-electron chi connectivity index (χ3n) is 5.66. The maximum Gasteiger partial charge on any atom is 0.343 e. The minimum atomic E-state index is -0.404. The molecule has 0 aromatic heterocycles. The standard InChI is InChI=1S/C26H27NO4S2/c1-26(2,3)19-10-8-18(9-11-19)24(29)31-20-12-6-17(7-13-20)15-22-23(28)27(25(32)33-22)16-21-5-4-14-30-21/h6-13,15,21H,4-5,14,16H2,1-3H3/b22-15-/t21-/m1/s1. The number of hydrogen-bond donors (Lipinski definition) is 0. The van der Waals surface area contributed by atoms with E-state index in [9.17, 15) is 9.59 Å². The van der Waals surface area contributed by atoms with Crippen molar-refractivity contribution in [2.75, 3.05) is 13.2 Å². The van der Waals surface area contributed by atoms with Crippen LogP contribution in [0, 0.1) is 0 Å². The summed E-state index contributed by atoms with van der Waals surface area (Å²) in [5.74, 6) is -0.0455. The first-order valence-corrected chi connectivity index (χ1v) is 12.2. The predicted octanol–water partition coefficient (Wildman–Crippen LogP) is 5.58. The lowest BCUT2D eigenvalue weighted by atomic mass is 9.87. The van der Waals surface area contributed by atoms with Crippen molar-refractivity contribution < 1.29 is 19.1 Å². The van der Waals surface area contributed by atoms with Crippen LogP contribution in [-0.4, -0.2) is 40.4 Å². The molecule has 7 heteroatoms. The van der Waals surface area contributed by atoms with Crippen LogP contribution in [0.1, 0.15) is 55.1 Å². The Labute approximate surface area is 204 Å². The molecule has 2 heterocycles. The van der Waals surface area contributed by atoms with Crippen molar-refractivity contribution in [3.05, 3.63) is 70.1 Å². The molecule has 1 atom stereocenters. The number of ether oxygens (including phenoxy) is 2. The van der Waals surface area contributed by atoms with Gasteiger partial charge in [0.1, 0.15) is 10.1 Å². The molecule has 0 radical (unpaired) electrons. The second-order valence-electron chi connectivity index (χ2n) is 9.21. The van der Waals surface area contributed by atoms with Crippen molar-refractivity contribution in [2.24, 2.45) is 0 Å². The van der Waals surface area contributed by atoms with Crippen molar-refractivity contribution >= 4 is 46.3 Å². The Morgan fingerprint density at radius 2 is 1.88 bits per heavy atom. The van der Waals surface area contributed by atoms with Gasteiger partial charge in [-0.25, -0.2) is 4.79 Å². The number of carbonyl (C=O) groups excluding carboxylic acids is 2. The van der Waals surface area contributed by atoms with Crippen molar-refractivity contribution in [3.8, 4) is 5.75 Å². The minimum absolute atomic E-state index is 0.0246. The van der Waals surface area contributed by atoms with Gasteiger partial charge in [-0.3, -0.25) is 9.69 Å². The van der Waals surface area contributed by atoms with Crippen molar-refractivity contribution in [2.45, 2.75) is 45.1 Å². The molecule has 2 fully saturated rings. The Hall–Kier alpha value is -2.48. The fraction of sp³-hybridized carbons (Fsp3) is 0.346. The van der Waals surface area contributed by atoms with E-state index in [1.807, 2.05) is 30.3 Å². The monoisotopic (exact) mass is 481 g/mol.